The second kappa shape index (κ2) is 13.3. The van der Waals surface area contributed by atoms with Crippen molar-refractivity contribution >= 4 is 17.2 Å². The molecule has 40 heavy (non-hydrogen) atoms. The molecule has 0 saturated carbocycles. The zero-order valence-corrected chi connectivity index (χ0v) is 25.2. The maximum absolute atomic E-state index is 4.87. The van der Waals surface area contributed by atoms with Gasteiger partial charge in [0, 0.05) is 17.4 Å². The molecule has 1 aliphatic rings. The molecule has 0 fully saturated rings. The Balaban J connectivity index is 0.000000238. The van der Waals surface area contributed by atoms with E-state index in [2.05, 4.69) is 79.2 Å². The van der Waals surface area contributed by atoms with Crippen LogP contribution in [0.5, 0.6) is 0 Å². The minimum absolute atomic E-state index is 0. The molecule has 5 aromatic rings. The summed E-state index contributed by atoms with van der Waals surface area (Å²) in [5.74, 6) is 0.902. The average molecular weight is 700 g/mol. The Kier molecular flexibility index (Phi) is 9.65. The van der Waals surface area contributed by atoms with Crippen LogP contribution >= 0.6 is 0 Å². The Morgan fingerprint density at radius 1 is 0.700 bits per heavy atom. The summed E-state index contributed by atoms with van der Waals surface area (Å²) in [4.78, 5) is 6.34. The molecular formula is C35H31IrN4. The number of aromatic nitrogens is 1. The summed E-state index contributed by atoms with van der Waals surface area (Å²) in [5, 5.41) is 6.74. The van der Waals surface area contributed by atoms with Gasteiger partial charge in [-0.3, -0.25) is 0 Å². The average Bonchev–Trinajstić information content (AvgIpc) is 3.45. The number of hydrazone groups is 1. The van der Waals surface area contributed by atoms with Crippen molar-refractivity contribution in [2.24, 2.45) is 5.10 Å². The van der Waals surface area contributed by atoms with Gasteiger partial charge in [-0.2, -0.15) is 29.4 Å². The summed E-state index contributed by atoms with van der Waals surface area (Å²) in [6, 6.07) is 46.9. The van der Waals surface area contributed by atoms with Crippen molar-refractivity contribution in [2.75, 3.05) is 9.91 Å². The van der Waals surface area contributed by atoms with E-state index < -0.39 is 0 Å². The summed E-state index contributed by atoms with van der Waals surface area (Å²) in [7, 11) is 0. The molecule has 4 nitrogen and oxygen atoms in total. The van der Waals surface area contributed by atoms with Crippen molar-refractivity contribution < 1.29 is 20.1 Å². The number of benzene rings is 4. The van der Waals surface area contributed by atoms with Gasteiger partial charge in [0.1, 0.15) is 5.84 Å². The summed E-state index contributed by atoms with van der Waals surface area (Å²) >= 11 is 0. The molecular weight excluding hydrogens is 669 g/mol. The zero-order valence-electron chi connectivity index (χ0n) is 22.8. The van der Waals surface area contributed by atoms with Crippen LogP contribution in [-0.2, 0) is 25.5 Å². The van der Waals surface area contributed by atoms with E-state index in [1.165, 1.54) is 5.56 Å². The molecule has 0 spiro atoms. The Labute approximate surface area is 251 Å². The predicted octanol–water partition coefficient (Wildman–Crippen LogP) is 8.14. The first-order valence-corrected chi connectivity index (χ1v) is 13.0. The maximum atomic E-state index is 4.87. The van der Waals surface area contributed by atoms with E-state index in [1.807, 2.05) is 96.6 Å². The van der Waals surface area contributed by atoms with Gasteiger partial charge in [-0.1, -0.05) is 81.1 Å². The van der Waals surface area contributed by atoms with Crippen LogP contribution in [0.3, 0.4) is 0 Å². The third kappa shape index (κ3) is 7.12. The van der Waals surface area contributed by atoms with Crippen LogP contribution in [0.4, 0.5) is 11.4 Å². The number of hydrogen-bond acceptors (Lipinski definition) is 4. The molecule has 200 valence electrons. The minimum atomic E-state index is 0. The van der Waals surface area contributed by atoms with Crippen LogP contribution in [0.25, 0.3) is 11.3 Å². The fourth-order valence-electron chi connectivity index (χ4n) is 4.15. The molecule has 0 amide bonds. The second-order valence-corrected chi connectivity index (χ2v) is 10.2. The molecule has 5 heteroatoms. The number of para-hydroxylation sites is 2. The van der Waals surface area contributed by atoms with Gasteiger partial charge in [0.2, 0.25) is 0 Å². The second-order valence-electron chi connectivity index (χ2n) is 10.2. The van der Waals surface area contributed by atoms with Crippen LogP contribution in [-0.4, -0.2) is 10.8 Å². The van der Waals surface area contributed by atoms with E-state index in [0.717, 1.165) is 34.0 Å². The standard InChI is InChI=1S/C24H23N3.C11H8N.Ir/c1-24(2,3)20-16-14-19(15-17-20)23-25-27(22-12-8-5-9-13-22)18-26(23)21-10-6-4-7-11-21;1-2-6-10(7-3-1)11-8-4-5-9-12-11;/h4-12,14-18H,1-3H3;1-6,8-9H;/q-2;-1;+3. The van der Waals surface area contributed by atoms with Crippen LogP contribution < -0.4 is 9.91 Å². The van der Waals surface area contributed by atoms with E-state index in [9.17, 15) is 0 Å². The molecule has 0 unspecified atom stereocenters. The van der Waals surface area contributed by atoms with Crippen molar-refractivity contribution in [2.45, 2.75) is 26.2 Å². The number of rotatable bonds is 4. The SMILES string of the molecule is CC(C)(C)c1ccc(C2=NN(c3[c-]cccc3)[CH-]N2c2ccccc2)cc1.[Ir+3].[c-]1ccccc1-c1ccccn1. The normalized spacial score (nSPS) is 12.6. The molecule has 0 N–H and O–H groups in total. The van der Waals surface area contributed by atoms with Gasteiger partial charge in [0.15, 0.2) is 0 Å². The third-order valence-corrected chi connectivity index (χ3v) is 6.29. The topological polar surface area (TPSA) is 31.7 Å². The van der Waals surface area contributed by atoms with Gasteiger partial charge < -0.3 is 14.9 Å². The summed E-state index contributed by atoms with van der Waals surface area (Å²) in [6.45, 7) is 8.69. The number of anilines is 2. The largest absolute Gasteiger partial charge is 3.00 e. The van der Waals surface area contributed by atoms with Crippen molar-refractivity contribution in [3.05, 3.63) is 157 Å². The molecule has 1 aromatic heterocycles. The van der Waals surface area contributed by atoms with Crippen LogP contribution in [0.15, 0.2) is 133 Å². The summed E-state index contributed by atoms with van der Waals surface area (Å²) in [5.41, 5.74) is 6.53. The molecule has 0 saturated heterocycles. The molecule has 2 heterocycles. The first-order chi connectivity index (χ1) is 19.0. The first kappa shape index (κ1) is 28.9. The van der Waals surface area contributed by atoms with Gasteiger partial charge in [-0.05, 0) is 34.9 Å². The van der Waals surface area contributed by atoms with Crippen molar-refractivity contribution in [1.82, 2.24) is 4.98 Å². The Bertz CT molecular complexity index is 1440. The van der Waals surface area contributed by atoms with Crippen molar-refractivity contribution in [3.63, 3.8) is 0 Å². The van der Waals surface area contributed by atoms with Crippen molar-refractivity contribution in [1.29, 1.82) is 0 Å². The molecule has 0 atom stereocenters. The van der Waals surface area contributed by atoms with Crippen LogP contribution in [0.2, 0.25) is 0 Å². The van der Waals surface area contributed by atoms with E-state index in [1.54, 1.807) is 6.20 Å². The quantitative estimate of drug-likeness (QED) is 0.178. The first-order valence-electron chi connectivity index (χ1n) is 13.0. The van der Waals surface area contributed by atoms with E-state index >= 15 is 0 Å². The summed E-state index contributed by atoms with van der Waals surface area (Å²) < 4.78 is 0. The van der Waals surface area contributed by atoms with Gasteiger partial charge in [-0.25, -0.2) is 0 Å². The van der Waals surface area contributed by atoms with E-state index in [-0.39, 0.29) is 25.5 Å². The third-order valence-electron chi connectivity index (χ3n) is 6.29. The molecule has 0 radical (unpaired) electrons. The monoisotopic (exact) mass is 700 g/mol. The maximum Gasteiger partial charge on any atom is 3.00 e. The Hall–Kier alpha value is -4.05. The fraction of sp³-hybridized carbons (Fsp3) is 0.114. The van der Waals surface area contributed by atoms with Gasteiger partial charge in [0.25, 0.3) is 0 Å². The van der Waals surface area contributed by atoms with Crippen molar-refractivity contribution in [3.8, 4) is 11.3 Å². The predicted molar refractivity (Wildman–Crippen MR) is 161 cm³/mol. The van der Waals surface area contributed by atoms with Gasteiger partial charge >= 0.3 is 20.1 Å². The number of pyridine rings is 1. The smallest absolute Gasteiger partial charge is 0.456 e. The molecule has 0 aliphatic carbocycles. The number of amidine groups is 1. The molecule has 0 bridgehead atoms. The van der Waals surface area contributed by atoms with Gasteiger partial charge in [-0.15, -0.1) is 48.6 Å². The number of hydrogen-bond donors (Lipinski definition) is 0. The fourth-order valence-corrected chi connectivity index (χ4v) is 4.15. The molecule has 4 aromatic carbocycles. The Morgan fingerprint density at radius 3 is 1.98 bits per heavy atom. The Morgan fingerprint density at radius 2 is 1.38 bits per heavy atom. The van der Waals surface area contributed by atoms with Gasteiger partial charge in [0.05, 0.1) is 0 Å². The van der Waals surface area contributed by atoms with Crippen LogP contribution in [0, 0.1) is 18.8 Å². The van der Waals surface area contributed by atoms with Crippen LogP contribution in [0.1, 0.15) is 31.9 Å². The zero-order chi connectivity index (χ0) is 27.1. The summed E-state index contributed by atoms with van der Waals surface area (Å²) in [6.07, 6.45) is 1.79. The van der Waals surface area contributed by atoms with E-state index in [4.69, 9.17) is 5.10 Å². The molecule has 1 aliphatic heterocycles. The number of nitrogens with zero attached hydrogens (tertiary/aromatic N) is 4. The minimum Gasteiger partial charge on any atom is -0.456 e. The van der Waals surface area contributed by atoms with E-state index in [0.29, 0.717) is 0 Å². The molecule has 6 rings (SSSR count).